The Hall–Kier alpha value is -2.22. The molecule has 0 saturated heterocycles. The van der Waals surface area contributed by atoms with Crippen molar-refractivity contribution in [3.05, 3.63) is 63.8 Å². The van der Waals surface area contributed by atoms with Gasteiger partial charge in [0.25, 0.3) is 0 Å². The van der Waals surface area contributed by atoms with Crippen LogP contribution in [0.3, 0.4) is 0 Å². The third-order valence-corrected chi connectivity index (χ3v) is 5.35. The maximum Gasteiger partial charge on any atom is 0.142 e. The fourth-order valence-electron chi connectivity index (χ4n) is 3.64. The van der Waals surface area contributed by atoms with Crippen molar-refractivity contribution in [3.8, 4) is 5.75 Å². The lowest BCUT2D eigenvalue weighted by Gasteiger charge is -2.22. The van der Waals surface area contributed by atoms with Crippen molar-refractivity contribution in [2.24, 2.45) is 0 Å². The standard InChI is InChI=1S/C20H23BrN4O2/c1-13-20-15-7-6-14(21)12-16(15)17(8-9-25(20)24-23-13)22-18-4-2-3-5-19(18)27-11-10-26/h2-7,12,17,22-24,26H,8-11H2,1H3. The van der Waals surface area contributed by atoms with Crippen molar-refractivity contribution in [1.29, 1.82) is 0 Å². The maximum absolute atomic E-state index is 9.08. The second-order valence-electron chi connectivity index (χ2n) is 6.65. The number of nitrogens with zero attached hydrogens (tertiary/aromatic N) is 1. The zero-order valence-electron chi connectivity index (χ0n) is 15.1. The second-order valence-corrected chi connectivity index (χ2v) is 7.56. The molecule has 6 nitrogen and oxygen atoms in total. The molecule has 4 rings (SSSR count). The Morgan fingerprint density at radius 1 is 1.30 bits per heavy atom. The molecule has 7 heteroatoms. The van der Waals surface area contributed by atoms with Gasteiger partial charge in [-0.2, -0.15) is 0 Å². The molecular formula is C20H23BrN4O2. The molecule has 2 aliphatic heterocycles. The van der Waals surface area contributed by atoms with Gasteiger partial charge in [0.2, 0.25) is 0 Å². The van der Waals surface area contributed by atoms with Crippen molar-refractivity contribution < 1.29 is 9.84 Å². The molecule has 2 heterocycles. The molecule has 0 amide bonds. The number of hydrogen-bond acceptors (Lipinski definition) is 6. The van der Waals surface area contributed by atoms with E-state index >= 15 is 0 Å². The average molecular weight is 431 g/mol. The van der Waals surface area contributed by atoms with E-state index in [0.717, 1.165) is 34.6 Å². The summed E-state index contributed by atoms with van der Waals surface area (Å²) >= 11 is 3.62. The predicted molar refractivity (Wildman–Crippen MR) is 110 cm³/mol. The number of nitrogens with one attached hydrogen (secondary N) is 3. The van der Waals surface area contributed by atoms with Crippen LogP contribution in [0.4, 0.5) is 5.69 Å². The fourth-order valence-corrected chi connectivity index (χ4v) is 4.02. The molecule has 0 aromatic heterocycles. The van der Waals surface area contributed by atoms with E-state index in [9.17, 15) is 0 Å². The van der Waals surface area contributed by atoms with Gasteiger partial charge in [-0.3, -0.25) is 5.01 Å². The molecule has 1 unspecified atom stereocenters. The van der Waals surface area contributed by atoms with Crippen LogP contribution in [0.25, 0.3) is 5.70 Å². The molecule has 142 valence electrons. The quantitative estimate of drug-likeness (QED) is 0.582. The second kappa shape index (κ2) is 7.80. The monoisotopic (exact) mass is 430 g/mol. The zero-order chi connectivity index (χ0) is 18.8. The van der Waals surface area contributed by atoms with Gasteiger partial charge in [-0.25, -0.2) is 0 Å². The largest absolute Gasteiger partial charge is 0.489 e. The minimum atomic E-state index is -0.00535. The lowest BCUT2D eigenvalue weighted by Crippen LogP contribution is -2.37. The van der Waals surface area contributed by atoms with Crippen molar-refractivity contribution in [2.45, 2.75) is 19.4 Å². The fraction of sp³-hybridized carbons (Fsp3) is 0.300. The Balaban J connectivity index is 1.71. The molecule has 0 spiro atoms. The summed E-state index contributed by atoms with van der Waals surface area (Å²) in [6.45, 7) is 3.22. The van der Waals surface area contributed by atoms with Crippen molar-refractivity contribution in [1.82, 2.24) is 16.0 Å². The maximum atomic E-state index is 9.08. The minimum Gasteiger partial charge on any atom is -0.489 e. The van der Waals surface area contributed by atoms with E-state index in [1.807, 2.05) is 24.3 Å². The topological polar surface area (TPSA) is 68.8 Å². The number of anilines is 1. The molecule has 1 atom stereocenters. The van der Waals surface area contributed by atoms with Gasteiger partial charge in [0, 0.05) is 16.6 Å². The van der Waals surface area contributed by atoms with E-state index in [1.54, 1.807) is 0 Å². The van der Waals surface area contributed by atoms with Crippen LogP contribution in [0.1, 0.15) is 30.5 Å². The van der Waals surface area contributed by atoms with Crippen LogP contribution >= 0.6 is 15.9 Å². The van der Waals surface area contributed by atoms with E-state index in [4.69, 9.17) is 9.84 Å². The average Bonchev–Trinajstić information content (AvgIpc) is 2.97. The van der Waals surface area contributed by atoms with Gasteiger partial charge < -0.3 is 20.6 Å². The van der Waals surface area contributed by atoms with Crippen LogP contribution in [0.5, 0.6) is 5.75 Å². The van der Waals surface area contributed by atoms with Crippen LogP contribution in [0, 0.1) is 0 Å². The number of hydrogen-bond donors (Lipinski definition) is 4. The summed E-state index contributed by atoms with van der Waals surface area (Å²) in [5.41, 5.74) is 12.1. The van der Waals surface area contributed by atoms with E-state index in [2.05, 4.69) is 62.3 Å². The summed E-state index contributed by atoms with van der Waals surface area (Å²) in [7, 11) is 0. The number of rotatable bonds is 5. The van der Waals surface area contributed by atoms with Gasteiger partial charge in [0.05, 0.1) is 29.7 Å². The Labute approximate surface area is 167 Å². The first kappa shape index (κ1) is 18.2. The molecule has 0 radical (unpaired) electrons. The summed E-state index contributed by atoms with van der Waals surface area (Å²) in [6, 6.07) is 14.4. The Morgan fingerprint density at radius 3 is 3.00 bits per heavy atom. The SMILES string of the molecule is CC1=C2c3ccc(Br)cc3C(Nc3ccccc3OCCO)CCN2NN1. The van der Waals surface area contributed by atoms with Gasteiger partial charge in [0.15, 0.2) is 0 Å². The van der Waals surface area contributed by atoms with Gasteiger partial charge in [-0.1, -0.05) is 34.1 Å². The highest BCUT2D eigenvalue weighted by molar-refractivity contribution is 9.10. The lowest BCUT2D eigenvalue weighted by molar-refractivity contribution is 0.202. The number of fused-ring (bicyclic) bond motifs is 3. The number of halogens is 1. The minimum absolute atomic E-state index is 0.00535. The van der Waals surface area contributed by atoms with Gasteiger partial charge in [-0.05, 0) is 43.2 Å². The number of ether oxygens (including phenoxy) is 1. The molecule has 0 saturated carbocycles. The van der Waals surface area contributed by atoms with E-state index in [1.165, 1.54) is 16.8 Å². The predicted octanol–water partition coefficient (Wildman–Crippen LogP) is 3.39. The van der Waals surface area contributed by atoms with E-state index in [0.29, 0.717) is 0 Å². The molecule has 0 fully saturated rings. The highest BCUT2D eigenvalue weighted by Crippen LogP contribution is 2.39. The summed E-state index contributed by atoms with van der Waals surface area (Å²) in [4.78, 5) is 0. The molecule has 0 bridgehead atoms. The van der Waals surface area contributed by atoms with Crippen molar-refractivity contribution in [2.75, 3.05) is 25.1 Å². The third-order valence-electron chi connectivity index (χ3n) is 4.85. The molecule has 4 N–H and O–H groups in total. The van der Waals surface area contributed by atoms with Crippen molar-refractivity contribution in [3.63, 3.8) is 0 Å². The van der Waals surface area contributed by atoms with Gasteiger partial charge in [0.1, 0.15) is 12.4 Å². The summed E-state index contributed by atoms with van der Waals surface area (Å²) in [5, 5.41) is 14.9. The molecular weight excluding hydrogens is 408 g/mol. The summed E-state index contributed by atoms with van der Waals surface area (Å²) in [6.07, 6.45) is 0.920. The summed E-state index contributed by atoms with van der Waals surface area (Å²) in [5.74, 6) is 0.753. The van der Waals surface area contributed by atoms with E-state index in [-0.39, 0.29) is 19.3 Å². The lowest BCUT2D eigenvalue weighted by atomic mass is 9.97. The molecule has 2 aromatic rings. The number of para-hydroxylation sites is 2. The number of hydrazine groups is 2. The third kappa shape index (κ3) is 3.63. The van der Waals surface area contributed by atoms with Gasteiger partial charge >= 0.3 is 0 Å². The zero-order valence-corrected chi connectivity index (χ0v) is 16.7. The number of benzene rings is 2. The molecule has 2 aromatic carbocycles. The first-order valence-corrected chi connectivity index (χ1v) is 9.86. The summed E-state index contributed by atoms with van der Waals surface area (Å²) < 4.78 is 6.76. The van der Waals surface area contributed by atoms with Crippen LogP contribution in [-0.2, 0) is 0 Å². The van der Waals surface area contributed by atoms with Crippen LogP contribution in [0.15, 0.2) is 52.6 Å². The molecule has 2 aliphatic rings. The first-order chi connectivity index (χ1) is 13.2. The Bertz CT molecular complexity index is 871. The Morgan fingerprint density at radius 2 is 2.15 bits per heavy atom. The number of aliphatic hydroxyl groups excluding tert-OH is 1. The van der Waals surface area contributed by atoms with Crippen LogP contribution in [-0.4, -0.2) is 29.9 Å². The highest BCUT2D eigenvalue weighted by atomic mass is 79.9. The smallest absolute Gasteiger partial charge is 0.142 e. The Kier molecular flexibility index (Phi) is 5.24. The molecule has 0 aliphatic carbocycles. The van der Waals surface area contributed by atoms with Crippen LogP contribution < -0.4 is 21.0 Å². The van der Waals surface area contributed by atoms with Crippen molar-refractivity contribution >= 4 is 27.3 Å². The number of aliphatic hydroxyl groups is 1. The normalized spacial score (nSPS) is 18.5. The molecule has 27 heavy (non-hydrogen) atoms. The number of allylic oxidation sites excluding steroid dienone is 1. The highest BCUT2D eigenvalue weighted by Gasteiger charge is 2.30. The van der Waals surface area contributed by atoms with Gasteiger partial charge in [-0.15, -0.1) is 5.53 Å². The van der Waals surface area contributed by atoms with E-state index < -0.39 is 0 Å². The van der Waals surface area contributed by atoms with Crippen LogP contribution in [0.2, 0.25) is 0 Å². The first-order valence-electron chi connectivity index (χ1n) is 9.06.